The summed E-state index contributed by atoms with van der Waals surface area (Å²) in [7, 11) is 0. The SMILES string of the molecule is Cc1nnc(NC(=O)[C@@H]2CC(=O)N(CCc3c[nH]c4ccc(Cl)cc34)C2)s1. The van der Waals surface area contributed by atoms with Gasteiger partial charge in [0.15, 0.2) is 0 Å². The number of carbonyl (C=O) groups excluding carboxylic acids is 2. The first-order valence-corrected chi connectivity index (χ1v) is 9.83. The molecule has 1 aliphatic rings. The molecule has 1 aliphatic heterocycles. The average molecular weight is 404 g/mol. The highest BCUT2D eigenvalue weighted by Crippen LogP contribution is 2.25. The van der Waals surface area contributed by atoms with Gasteiger partial charge in [-0.25, -0.2) is 0 Å². The topological polar surface area (TPSA) is 91.0 Å². The number of benzene rings is 1. The van der Waals surface area contributed by atoms with E-state index in [2.05, 4.69) is 20.5 Å². The number of aryl methyl sites for hydroxylation is 1. The van der Waals surface area contributed by atoms with Crippen LogP contribution in [0.15, 0.2) is 24.4 Å². The Morgan fingerprint density at radius 2 is 2.30 bits per heavy atom. The number of fused-ring (bicyclic) bond motifs is 1. The number of nitrogens with one attached hydrogen (secondary N) is 2. The number of halogens is 1. The predicted octanol–water partition coefficient (Wildman–Crippen LogP) is 3.01. The Bertz CT molecular complexity index is 1010. The lowest BCUT2D eigenvalue weighted by Gasteiger charge is -2.16. The van der Waals surface area contributed by atoms with Gasteiger partial charge in [0.05, 0.1) is 5.92 Å². The van der Waals surface area contributed by atoms with Crippen LogP contribution in [0.4, 0.5) is 5.13 Å². The highest BCUT2D eigenvalue weighted by atomic mass is 35.5. The number of anilines is 1. The number of aromatic amines is 1. The number of carbonyl (C=O) groups is 2. The zero-order valence-corrected chi connectivity index (χ0v) is 16.2. The molecule has 0 radical (unpaired) electrons. The summed E-state index contributed by atoms with van der Waals surface area (Å²) in [5.41, 5.74) is 2.13. The van der Waals surface area contributed by atoms with Crippen molar-refractivity contribution >= 4 is 50.8 Å². The summed E-state index contributed by atoms with van der Waals surface area (Å²) in [6, 6.07) is 5.71. The fourth-order valence-corrected chi connectivity index (χ4v) is 4.10. The van der Waals surface area contributed by atoms with Crippen molar-refractivity contribution in [2.75, 3.05) is 18.4 Å². The van der Waals surface area contributed by atoms with Crippen molar-refractivity contribution in [2.24, 2.45) is 5.92 Å². The summed E-state index contributed by atoms with van der Waals surface area (Å²) >= 11 is 7.41. The van der Waals surface area contributed by atoms with E-state index in [-0.39, 0.29) is 24.2 Å². The lowest BCUT2D eigenvalue weighted by atomic mass is 10.1. The minimum absolute atomic E-state index is 0.00136. The number of rotatable bonds is 5. The molecule has 9 heteroatoms. The third kappa shape index (κ3) is 3.81. The van der Waals surface area contributed by atoms with E-state index in [0.29, 0.717) is 29.7 Å². The number of H-pyrrole nitrogens is 1. The zero-order chi connectivity index (χ0) is 19.0. The van der Waals surface area contributed by atoms with Crippen LogP contribution in [-0.4, -0.2) is 45.0 Å². The van der Waals surface area contributed by atoms with Gasteiger partial charge in [0.1, 0.15) is 5.01 Å². The monoisotopic (exact) mass is 403 g/mol. The van der Waals surface area contributed by atoms with Crippen LogP contribution >= 0.6 is 22.9 Å². The molecule has 1 atom stereocenters. The van der Waals surface area contributed by atoms with E-state index < -0.39 is 0 Å². The van der Waals surface area contributed by atoms with E-state index in [1.807, 2.05) is 31.3 Å². The van der Waals surface area contributed by atoms with Gasteiger partial charge < -0.3 is 15.2 Å². The Morgan fingerprint density at radius 3 is 3.07 bits per heavy atom. The molecule has 1 fully saturated rings. The van der Waals surface area contributed by atoms with Gasteiger partial charge in [-0.15, -0.1) is 10.2 Å². The van der Waals surface area contributed by atoms with Gasteiger partial charge in [0, 0.05) is 41.6 Å². The summed E-state index contributed by atoms with van der Waals surface area (Å²) in [5.74, 6) is -0.540. The standard InChI is InChI=1S/C18H18ClN5O2S/c1-10-22-23-18(27-10)21-17(26)12-6-16(25)24(9-12)5-4-11-8-20-15-3-2-13(19)7-14(11)15/h2-3,7-8,12,20H,4-6,9H2,1H3,(H,21,23,26)/t12-/m1/s1. The quantitative estimate of drug-likeness (QED) is 0.685. The zero-order valence-electron chi connectivity index (χ0n) is 14.7. The third-order valence-corrected chi connectivity index (χ3v) is 5.71. The minimum atomic E-state index is -0.362. The van der Waals surface area contributed by atoms with Crippen LogP contribution < -0.4 is 5.32 Å². The molecule has 3 heterocycles. The molecular weight excluding hydrogens is 386 g/mol. The molecule has 0 saturated carbocycles. The van der Waals surface area contributed by atoms with E-state index in [4.69, 9.17) is 11.6 Å². The second-order valence-corrected chi connectivity index (χ2v) is 8.23. The molecule has 4 rings (SSSR count). The van der Waals surface area contributed by atoms with Crippen molar-refractivity contribution in [1.82, 2.24) is 20.1 Å². The van der Waals surface area contributed by atoms with Gasteiger partial charge in [0.25, 0.3) is 0 Å². The van der Waals surface area contributed by atoms with E-state index in [1.54, 1.807) is 4.90 Å². The highest BCUT2D eigenvalue weighted by Gasteiger charge is 2.34. The summed E-state index contributed by atoms with van der Waals surface area (Å²) in [4.78, 5) is 29.7. The Kier molecular flexibility index (Phi) is 4.84. The van der Waals surface area contributed by atoms with Crippen molar-refractivity contribution in [3.8, 4) is 0 Å². The summed E-state index contributed by atoms with van der Waals surface area (Å²) in [5, 5.41) is 13.5. The van der Waals surface area contributed by atoms with Crippen molar-refractivity contribution in [3.05, 3.63) is 40.0 Å². The molecule has 1 saturated heterocycles. The molecule has 2 aromatic heterocycles. The normalized spacial score (nSPS) is 17.0. The maximum absolute atomic E-state index is 12.4. The van der Waals surface area contributed by atoms with E-state index in [1.165, 1.54) is 11.3 Å². The maximum atomic E-state index is 12.4. The number of hydrogen-bond donors (Lipinski definition) is 2. The van der Waals surface area contributed by atoms with Crippen LogP contribution in [0.25, 0.3) is 10.9 Å². The second kappa shape index (κ2) is 7.28. The van der Waals surface area contributed by atoms with Crippen molar-refractivity contribution in [1.29, 1.82) is 0 Å². The van der Waals surface area contributed by atoms with Crippen molar-refractivity contribution < 1.29 is 9.59 Å². The molecule has 3 aromatic rings. The highest BCUT2D eigenvalue weighted by molar-refractivity contribution is 7.15. The molecule has 0 bridgehead atoms. The van der Waals surface area contributed by atoms with E-state index in [9.17, 15) is 9.59 Å². The second-order valence-electron chi connectivity index (χ2n) is 6.61. The summed E-state index contributed by atoms with van der Waals surface area (Å²) in [6.07, 6.45) is 2.88. The van der Waals surface area contributed by atoms with Gasteiger partial charge in [-0.3, -0.25) is 9.59 Å². The van der Waals surface area contributed by atoms with E-state index in [0.717, 1.165) is 21.5 Å². The fourth-order valence-electron chi connectivity index (χ4n) is 3.33. The Balaban J connectivity index is 1.37. The van der Waals surface area contributed by atoms with Crippen LogP contribution in [-0.2, 0) is 16.0 Å². The van der Waals surface area contributed by atoms with Gasteiger partial charge in [-0.1, -0.05) is 22.9 Å². The minimum Gasteiger partial charge on any atom is -0.361 e. The molecule has 2 N–H and O–H groups in total. The van der Waals surface area contributed by atoms with Gasteiger partial charge in [0.2, 0.25) is 16.9 Å². The number of hydrogen-bond acceptors (Lipinski definition) is 5. The number of amides is 2. The Hall–Kier alpha value is -2.45. The molecular formula is C18H18ClN5O2S. The fraction of sp³-hybridized carbons (Fsp3) is 0.333. The van der Waals surface area contributed by atoms with Crippen molar-refractivity contribution in [2.45, 2.75) is 19.8 Å². The molecule has 2 amide bonds. The Labute approximate surface area is 164 Å². The van der Waals surface area contributed by atoms with Crippen LogP contribution in [0.3, 0.4) is 0 Å². The Morgan fingerprint density at radius 1 is 1.44 bits per heavy atom. The summed E-state index contributed by atoms with van der Waals surface area (Å²) in [6.45, 7) is 2.82. The molecule has 0 unspecified atom stereocenters. The largest absolute Gasteiger partial charge is 0.361 e. The van der Waals surface area contributed by atoms with Crippen molar-refractivity contribution in [3.63, 3.8) is 0 Å². The smallest absolute Gasteiger partial charge is 0.231 e. The first-order chi connectivity index (χ1) is 13.0. The molecule has 1 aromatic carbocycles. The number of nitrogens with zero attached hydrogens (tertiary/aromatic N) is 3. The average Bonchev–Trinajstić information content (AvgIpc) is 3.32. The third-order valence-electron chi connectivity index (χ3n) is 4.72. The lowest BCUT2D eigenvalue weighted by molar-refractivity contribution is -0.128. The molecule has 27 heavy (non-hydrogen) atoms. The number of aromatic nitrogens is 3. The first kappa shape index (κ1) is 17.9. The predicted molar refractivity (Wildman–Crippen MR) is 105 cm³/mol. The van der Waals surface area contributed by atoms with Crippen LogP contribution in [0.1, 0.15) is 17.0 Å². The molecule has 140 valence electrons. The van der Waals surface area contributed by atoms with Crippen LogP contribution in [0.2, 0.25) is 5.02 Å². The molecule has 0 aliphatic carbocycles. The number of likely N-dealkylation sites (tertiary alicyclic amines) is 1. The van der Waals surface area contributed by atoms with E-state index >= 15 is 0 Å². The van der Waals surface area contributed by atoms with Gasteiger partial charge in [-0.05, 0) is 37.1 Å². The van der Waals surface area contributed by atoms with Crippen LogP contribution in [0.5, 0.6) is 0 Å². The van der Waals surface area contributed by atoms with Gasteiger partial charge >= 0.3 is 0 Å². The molecule has 0 spiro atoms. The van der Waals surface area contributed by atoms with Crippen LogP contribution in [0, 0.1) is 12.8 Å². The van der Waals surface area contributed by atoms with Gasteiger partial charge in [-0.2, -0.15) is 0 Å². The molecule has 7 nitrogen and oxygen atoms in total. The summed E-state index contributed by atoms with van der Waals surface area (Å²) < 4.78 is 0. The lowest BCUT2D eigenvalue weighted by Crippen LogP contribution is -2.30. The first-order valence-electron chi connectivity index (χ1n) is 8.64. The maximum Gasteiger partial charge on any atom is 0.231 e.